The quantitative estimate of drug-likeness (QED) is 0.788. The number of hydrogen-bond acceptors (Lipinski definition) is 5. The fraction of sp³-hybridized carbons (Fsp3) is 0.833. The van der Waals surface area contributed by atoms with Gasteiger partial charge in [0.2, 0.25) is 11.7 Å². The van der Waals surface area contributed by atoms with E-state index in [2.05, 4.69) is 10.1 Å². The second-order valence-corrected chi connectivity index (χ2v) is 4.65. The average Bonchev–Trinajstić information content (AvgIpc) is 3.02. The van der Waals surface area contributed by atoms with Crippen LogP contribution in [0.1, 0.15) is 50.9 Å². The molecule has 1 aromatic heterocycles. The van der Waals surface area contributed by atoms with Gasteiger partial charge in [0.15, 0.2) is 0 Å². The predicted molar refractivity (Wildman–Crippen MR) is 61.4 cm³/mol. The fourth-order valence-electron chi connectivity index (χ4n) is 1.82. The Kier molecular flexibility index (Phi) is 4.12. The molecule has 0 radical (unpaired) electrons. The molecule has 1 N–H and O–H groups in total. The Hall–Kier alpha value is -0.940. The van der Waals surface area contributed by atoms with Crippen molar-refractivity contribution in [3.05, 3.63) is 11.7 Å². The lowest BCUT2D eigenvalue weighted by Crippen LogP contribution is -2.08. The fourth-order valence-corrected chi connectivity index (χ4v) is 1.82. The number of hydrogen-bond donors (Lipinski definition) is 1. The highest BCUT2D eigenvalue weighted by Gasteiger charge is 2.36. The van der Waals surface area contributed by atoms with Crippen LogP contribution in [0.5, 0.6) is 0 Å². The van der Waals surface area contributed by atoms with Crippen LogP contribution >= 0.6 is 0 Å². The molecule has 0 spiro atoms. The third-order valence-corrected chi connectivity index (χ3v) is 2.91. The maximum Gasteiger partial charge on any atom is 0.226 e. The number of ether oxygens (including phenoxy) is 1. The molecule has 0 aliphatic heterocycles. The third-order valence-electron chi connectivity index (χ3n) is 2.91. The Bertz CT molecular complexity index is 347. The molecule has 2 atom stereocenters. The van der Waals surface area contributed by atoms with Gasteiger partial charge in [-0.05, 0) is 39.0 Å². The number of nitrogens with zero attached hydrogens (tertiary/aromatic N) is 2. The van der Waals surface area contributed by atoms with Gasteiger partial charge in [0.25, 0.3) is 0 Å². The maximum atomic E-state index is 9.20. The van der Waals surface area contributed by atoms with Gasteiger partial charge in [-0.1, -0.05) is 5.16 Å². The lowest BCUT2D eigenvalue weighted by Gasteiger charge is -2.10. The van der Waals surface area contributed by atoms with Crippen molar-refractivity contribution in [2.45, 2.75) is 51.7 Å². The van der Waals surface area contributed by atoms with E-state index in [4.69, 9.17) is 9.26 Å². The van der Waals surface area contributed by atoms with Crippen molar-refractivity contribution in [1.82, 2.24) is 10.1 Å². The summed E-state index contributed by atoms with van der Waals surface area (Å²) in [5.74, 6) is 1.80. The first-order chi connectivity index (χ1) is 8.20. The lowest BCUT2D eigenvalue weighted by molar-refractivity contribution is 0.0384. The molecule has 1 fully saturated rings. The SMILES string of the molecule is CCOC(c1noc(CCC(C)O)n1)C1CC1. The monoisotopic (exact) mass is 240 g/mol. The molecule has 1 aliphatic carbocycles. The van der Waals surface area contributed by atoms with Gasteiger partial charge in [0.05, 0.1) is 6.10 Å². The molecule has 0 bridgehead atoms. The van der Waals surface area contributed by atoms with Gasteiger partial charge in [0.1, 0.15) is 6.10 Å². The van der Waals surface area contributed by atoms with Crippen molar-refractivity contribution in [3.63, 3.8) is 0 Å². The van der Waals surface area contributed by atoms with Gasteiger partial charge in [-0.2, -0.15) is 4.98 Å². The van der Waals surface area contributed by atoms with Gasteiger partial charge < -0.3 is 14.4 Å². The zero-order valence-corrected chi connectivity index (χ0v) is 10.4. The van der Waals surface area contributed by atoms with E-state index in [1.165, 1.54) is 12.8 Å². The summed E-state index contributed by atoms with van der Waals surface area (Å²) in [5.41, 5.74) is 0. The van der Waals surface area contributed by atoms with Gasteiger partial charge in [-0.25, -0.2) is 0 Å². The molecule has 0 aromatic carbocycles. The number of aliphatic hydroxyl groups is 1. The molecule has 0 amide bonds. The normalized spacial score (nSPS) is 19.2. The summed E-state index contributed by atoms with van der Waals surface area (Å²) < 4.78 is 10.8. The zero-order valence-electron chi connectivity index (χ0n) is 10.4. The van der Waals surface area contributed by atoms with E-state index < -0.39 is 0 Å². The van der Waals surface area contributed by atoms with Gasteiger partial charge in [-0.3, -0.25) is 0 Å². The Morgan fingerprint density at radius 3 is 2.88 bits per heavy atom. The molecule has 5 heteroatoms. The Morgan fingerprint density at radius 2 is 2.29 bits per heavy atom. The predicted octanol–water partition coefficient (Wildman–Crippen LogP) is 1.87. The number of aromatic nitrogens is 2. The highest BCUT2D eigenvalue weighted by atomic mass is 16.5. The van der Waals surface area contributed by atoms with Crippen LogP contribution in [0, 0.1) is 5.92 Å². The summed E-state index contributed by atoms with van der Waals surface area (Å²) in [6, 6.07) is 0. The van der Waals surface area contributed by atoms with Crippen molar-refractivity contribution in [2.24, 2.45) is 5.92 Å². The Labute approximate surface area is 101 Å². The van der Waals surface area contributed by atoms with Crippen LogP contribution in [0.4, 0.5) is 0 Å². The van der Waals surface area contributed by atoms with Crippen molar-refractivity contribution in [2.75, 3.05) is 6.61 Å². The van der Waals surface area contributed by atoms with Crippen molar-refractivity contribution in [3.8, 4) is 0 Å². The highest BCUT2D eigenvalue weighted by Crippen LogP contribution is 2.42. The number of aryl methyl sites for hydroxylation is 1. The summed E-state index contributed by atoms with van der Waals surface area (Å²) in [5, 5.41) is 13.2. The molecule has 2 rings (SSSR count). The van der Waals surface area contributed by atoms with Crippen LogP contribution in [0.2, 0.25) is 0 Å². The molecule has 1 saturated carbocycles. The minimum absolute atomic E-state index is 0.0101. The van der Waals surface area contributed by atoms with Crippen molar-refractivity contribution < 1.29 is 14.4 Å². The molecule has 1 aromatic rings. The standard InChI is InChI=1S/C12H20N2O3/c1-3-16-11(9-5-6-9)12-13-10(17-14-12)7-4-8(2)15/h8-9,11,15H,3-7H2,1-2H3. The van der Waals surface area contributed by atoms with Crippen LogP contribution < -0.4 is 0 Å². The van der Waals surface area contributed by atoms with Crippen LogP contribution in [-0.2, 0) is 11.2 Å². The van der Waals surface area contributed by atoms with E-state index in [-0.39, 0.29) is 12.2 Å². The van der Waals surface area contributed by atoms with Gasteiger partial charge in [-0.15, -0.1) is 0 Å². The molecule has 1 heterocycles. The van der Waals surface area contributed by atoms with E-state index in [0.717, 1.165) is 0 Å². The molecule has 2 unspecified atom stereocenters. The summed E-state index contributed by atoms with van der Waals surface area (Å²) >= 11 is 0. The first-order valence-corrected chi connectivity index (χ1v) is 6.32. The summed E-state index contributed by atoms with van der Waals surface area (Å²) in [6.07, 6.45) is 3.28. The highest BCUT2D eigenvalue weighted by molar-refractivity contribution is 4.98. The average molecular weight is 240 g/mol. The molecule has 0 saturated heterocycles. The second-order valence-electron chi connectivity index (χ2n) is 4.65. The Balaban J connectivity index is 1.95. The van der Waals surface area contributed by atoms with Crippen LogP contribution in [-0.4, -0.2) is 28.0 Å². The van der Waals surface area contributed by atoms with Crippen LogP contribution in [0.15, 0.2) is 4.52 Å². The first kappa shape index (κ1) is 12.5. The smallest absolute Gasteiger partial charge is 0.226 e. The minimum Gasteiger partial charge on any atom is -0.393 e. The Morgan fingerprint density at radius 1 is 1.53 bits per heavy atom. The molecule has 17 heavy (non-hydrogen) atoms. The third kappa shape index (κ3) is 3.51. The van der Waals surface area contributed by atoms with Crippen LogP contribution in [0.25, 0.3) is 0 Å². The van der Waals surface area contributed by atoms with E-state index >= 15 is 0 Å². The zero-order chi connectivity index (χ0) is 12.3. The summed E-state index contributed by atoms with van der Waals surface area (Å²) in [6.45, 7) is 4.40. The molecule has 1 aliphatic rings. The topological polar surface area (TPSA) is 68.4 Å². The minimum atomic E-state index is -0.337. The van der Waals surface area contributed by atoms with Crippen molar-refractivity contribution >= 4 is 0 Å². The number of aliphatic hydroxyl groups excluding tert-OH is 1. The number of rotatable bonds is 7. The van der Waals surface area contributed by atoms with Gasteiger partial charge in [0, 0.05) is 13.0 Å². The van der Waals surface area contributed by atoms with Crippen molar-refractivity contribution in [1.29, 1.82) is 0 Å². The molecule has 96 valence electrons. The van der Waals surface area contributed by atoms with E-state index in [1.807, 2.05) is 6.92 Å². The van der Waals surface area contributed by atoms with E-state index in [9.17, 15) is 5.11 Å². The summed E-state index contributed by atoms with van der Waals surface area (Å²) in [7, 11) is 0. The first-order valence-electron chi connectivity index (χ1n) is 6.32. The molecular formula is C12H20N2O3. The van der Waals surface area contributed by atoms with E-state index in [0.29, 0.717) is 37.1 Å². The van der Waals surface area contributed by atoms with E-state index in [1.54, 1.807) is 6.92 Å². The van der Waals surface area contributed by atoms with Crippen LogP contribution in [0.3, 0.4) is 0 Å². The molecule has 5 nitrogen and oxygen atoms in total. The molecular weight excluding hydrogens is 220 g/mol. The largest absolute Gasteiger partial charge is 0.393 e. The van der Waals surface area contributed by atoms with Gasteiger partial charge >= 0.3 is 0 Å². The second kappa shape index (κ2) is 5.60. The summed E-state index contributed by atoms with van der Waals surface area (Å²) in [4.78, 5) is 4.35. The maximum absolute atomic E-state index is 9.20. The lowest BCUT2D eigenvalue weighted by atomic mass is 10.2.